The number of carbonyl (C=O) groups is 1. The van der Waals surface area contributed by atoms with Gasteiger partial charge in [-0.3, -0.25) is 9.36 Å². The number of fused-ring (bicyclic) bond motifs is 1. The summed E-state index contributed by atoms with van der Waals surface area (Å²) < 4.78 is 7.45. The van der Waals surface area contributed by atoms with E-state index in [9.17, 15) is 14.7 Å². The van der Waals surface area contributed by atoms with Gasteiger partial charge in [-0.1, -0.05) is 69.4 Å². The van der Waals surface area contributed by atoms with E-state index in [1.807, 2.05) is 76.2 Å². The van der Waals surface area contributed by atoms with Gasteiger partial charge in [-0.15, -0.1) is 0 Å². The van der Waals surface area contributed by atoms with Crippen LogP contribution in [0.2, 0.25) is 0 Å². The molecule has 2 heterocycles. The van der Waals surface area contributed by atoms with E-state index >= 15 is 0 Å². The molecule has 1 aromatic heterocycles. The van der Waals surface area contributed by atoms with Gasteiger partial charge in [-0.2, -0.15) is 0 Å². The summed E-state index contributed by atoms with van der Waals surface area (Å²) in [6, 6.07) is 12.7. The third-order valence-electron chi connectivity index (χ3n) is 6.37. The number of esters is 1. The average Bonchev–Trinajstić information content (AvgIpc) is 3.13. The van der Waals surface area contributed by atoms with E-state index in [2.05, 4.69) is 4.99 Å². The van der Waals surface area contributed by atoms with E-state index in [0.717, 1.165) is 22.3 Å². The van der Waals surface area contributed by atoms with Crippen molar-refractivity contribution in [3.63, 3.8) is 0 Å². The highest BCUT2D eigenvalue weighted by Crippen LogP contribution is 2.35. The van der Waals surface area contributed by atoms with Gasteiger partial charge in [-0.25, -0.2) is 9.79 Å². The molecule has 6 nitrogen and oxygen atoms in total. The Balaban J connectivity index is 1.96. The molecule has 0 amide bonds. The van der Waals surface area contributed by atoms with Crippen LogP contribution in [0.1, 0.15) is 81.7 Å². The van der Waals surface area contributed by atoms with Gasteiger partial charge in [0.15, 0.2) is 4.80 Å². The molecule has 0 unspecified atom stereocenters. The molecule has 188 valence electrons. The maximum Gasteiger partial charge on any atom is 0.338 e. The van der Waals surface area contributed by atoms with Crippen molar-refractivity contribution in [1.29, 1.82) is 0 Å². The molecular formula is C29H32N2O4S. The molecule has 1 aliphatic rings. The van der Waals surface area contributed by atoms with Crippen LogP contribution in [0.15, 0.2) is 63.5 Å². The van der Waals surface area contributed by atoms with Crippen LogP contribution < -0.4 is 14.9 Å². The van der Waals surface area contributed by atoms with Gasteiger partial charge in [-0.05, 0) is 66.1 Å². The largest absolute Gasteiger partial charge is 0.507 e. The van der Waals surface area contributed by atoms with Gasteiger partial charge in [0.1, 0.15) is 5.75 Å². The lowest BCUT2D eigenvalue weighted by Crippen LogP contribution is -2.39. The number of carbonyl (C=O) groups excluding carboxylic acids is 1. The molecule has 4 rings (SSSR count). The molecule has 0 bridgehead atoms. The number of hydrogen-bond acceptors (Lipinski definition) is 6. The van der Waals surface area contributed by atoms with E-state index < -0.39 is 12.0 Å². The number of nitrogens with zero attached hydrogens (tertiary/aromatic N) is 2. The van der Waals surface area contributed by atoms with Crippen LogP contribution in [0, 0.1) is 0 Å². The zero-order valence-electron chi connectivity index (χ0n) is 21.5. The summed E-state index contributed by atoms with van der Waals surface area (Å²) in [7, 11) is 0. The first kappa shape index (κ1) is 25.6. The third-order valence-corrected chi connectivity index (χ3v) is 7.35. The molecule has 7 heteroatoms. The number of ether oxygens (including phenoxy) is 1. The SMILES string of the molecule is CCOC(=O)C1=C(C)N=c2s/c(=C\c3cc(C(C)C)c(O)c(C(C)C)c3)c(=O)n2[C@@H]1c1ccccc1. The van der Waals surface area contributed by atoms with Gasteiger partial charge in [0.05, 0.1) is 28.5 Å². The Morgan fingerprint density at radius 3 is 2.31 bits per heavy atom. The number of phenols is 1. The fourth-order valence-corrected chi connectivity index (χ4v) is 5.61. The van der Waals surface area contributed by atoms with Gasteiger partial charge < -0.3 is 9.84 Å². The topological polar surface area (TPSA) is 80.9 Å². The number of thiazole rings is 1. The highest BCUT2D eigenvalue weighted by atomic mass is 32.1. The number of aromatic hydroxyl groups is 1. The van der Waals surface area contributed by atoms with Gasteiger partial charge in [0.25, 0.3) is 5.56 Å². The maximum atomic E-state index is 13.8. The van der Waals surface area contributed by atoms with E-state index in [4.69, 9.17) is 4.74 Å². The third kappa shape index (κ3) is 4.67. The molecule has 1 atom stereocenters. The van der Waals surface area contributed by atoms with Crippen molar-refractivity contribution in [3.05, 3.63) is 95.7 Å². The summed E-state index contributed by atoms with van der Waals surface area (Å²) in [6.07, 6.45) is 1.85. The molecule has 3 aromatic rings. The predicted octanol–water partition coefficient (Wildman–Crippen LogP) is 4.75. The van der Waals surface area contributed by atoms with Crippen LogP contribution in [0.25, 0.3) is 6.08 Å². The minimum Gasteiger partial charge on any atom is -0.507 e. The van der Waals surface area contributed by atoms with Crippen LogP contribution in [-0.4, -0.2) is 22.2 Å². The highest BCUT2D eigenvalue weighted by Gasteiger charge is 2.33. The molecule has 1 aliphatic heterocycles. The Hall–Kier alpha value is -3.45. The van der Waals surface area contributed by atoms with Crippen molar-refractivity contribution in [2.24, 2.45) is 4.99 Å². The second kappa shape index (κ2) is 10.3. The molecular weight excluding hydrogens is 472 g/mol. The van der Waals surface area contributed by atoms with Crippen LogP contribution in [0.3, 0.4) is 0 Å². The summed E-state index contributed by atoms with van der Waals surface area (Å²) >= 11 is 1.30. The lowest BCUT2D eigenvalue weighted by atomic mass is 9.91. The lowest BCUT2D eigenvalue weighted by molar-refractivity contribution is -0.139. The van der Waals surface area contributed by atoms with Crippen molar-refractivity contribution in [1.82, 2.24) is 4.57 Å². The second-order valence-corrected chi connectivity index (χ2v) is 10.6. The Morgan fingerprint density at radius 1 is 1.14 bits per heavy atom. The summed E-state index contributed by atoms with van der Waals surface area (Å²) in [4.78, 5) is 31.9. The van der Waals surface area contributed by atoms with Gasteiger partial charge in [0, 0.05) is 0 Å². The van der Waals surface area contributed by atoms with Crippen molar-refractivity contribution in [2.75, 3.05) is 6.61 Å². The van der Waals surface area contributed by atoms with E-state index in [1.165, 1.54) is 11.3 Å². The molecule has 0 spiro atoms. The Labute approximate surface area is 214 Å². The normalized spacial score (nSPS) is 15.9. The Morgan fingerprint density at radius 2 is 1.75 bits per heavy atom. The van der Waals surface area contributed by atoms with Crippen molar-refractivity contribution in [2.45, 2.75) is 59.4 Å². The van der Waals surface area contributed by atoms with Crippen molar-refractivity contribution < 1.29 is 14.6 Å². The summed E-state index contributed by atoms with van der Waals surface area (Å²) in [5, 5.41) is 10.8. The monoisotopic (exact) mass is 504 g/mol. The molecule has 0 saturated carbocycles. The Bertz CT molecular complexity index is 1480. The highest BCUT2D eigenvalue weighted by molar-refractivity contribution is 7.07. The van der Waals surface area contributed by atoms with Crippen molar-refractivity contribution in [3.8, 4) is 5.75 Å². The summed E-state index contributed by atoms with van der Waals surface area (Å²) in [5.74, 6) is 0.107. The molecule has 0 fully saturated rings. The van der Waals surface area contributed by atoms with Gasteiger partial charge in [0.2, 0.25) is 0 Å². The molecule has 36 heavy (non-hydrogen) atoms. The number of hydrogen-bond donors (Lipinski definition) is 1. The zero-order chi connectivity index (χ0) is 26.1. The van der Waals surface area contributed by atoms with Crippen LogP contribution in [-0.2, 0) is 9.53 Å². The fraction of sp³-hybridized carbons (Fsp3) is 0.345. The summed E-state index contributed by atoms with van der Waals surface area (Å²) in [6.45, 7) is 11.9. The number of rotatable bonds is 6. The number of phenolic OH excluding ortho intramolecular Hbond substituents is 1. The van der Waals surface area contributed by atoms with E-state index in [-0.39, 0.29) is 24.0 Å². The lowest BCUT2D eigenvalue weighted by Gasteiger charge is -2.24. The predicted molar refractivity (Wildman–Crippen MR) is 143 cm³/mol. The van der Waals surface area contributed by atoms with Crippen LogP contribution in [0.5, 0.6) is 5.75 Å². The van der Waals surface area contributed by atoms with Crippen LogP contribution in [0.4, 0.5) is 0 Å². The summed E-state index contributed by atoms with van der Waals surface area (Å²) in [5.41, 5.74) is 4.07. The smallest absolute Gasteiger partial charge is 0.338 e. The zero-order valence-corrected chi connectivity index (χ0v) is 22.3. The quantitative estimate of drug-likeness (QED) is 0.491. The number of aromatic nitrogens is 1. The molecule has 2 aromatic carbocycles. The maximum absolute atomic E-state index is 13.8. The second-order valence-electron chi connectivity index (χ2n) is 9.57. The first-order valence-electron chi connectivity index (χ1n) is 12.2. The molecule has 0 saturated heterocycles. The van der Waals surface area contributed by atoms with E-state index in [0.29, 0.717) is 26.4 Å². The molecule has 1 N–H and O–H groups in total. The number of allylic oxidation sites excluding steroid dienone is 1. The minimum atomic E-state index is -0.624. The number of benzene rings is 2. The van der Waals surface area contributed by atoms with E-state index in [1.54, 1.807) is 18.4 Å². The van der Waals surface area contributed by atoms with Gasteiger partial charge >= 0.3 is 5.97 Å². The Kier molecular flexibility index (Phi) is 7.31. The molecule has 0 aliphatic carbocycles. The average molecular weight is 505 g/mol. The standard InChI is InChI=1S/C29H32N2O4S/c1-7-35-28(34)24-18(6)30-29-31(25(24)20-11-9-8-10-12-20)27(33)23(36-29)15-19-13-21(16(2)3)26(32)22(14-19)17(4)5/h8-17,25,32H,7H2,1-6H3/b23-15-/t25-/m1/s1. The first-order chi connectivity index (χ1) is 17.1. The van der Waals surface area contributed by atoms with Crippen molar-refractivity contribution >= 4 is 23.4 Å². The first-order valence-corrected chi connectivity index (χ1v) is 13.1. The van der Waals surface area contributed by atoms with Crippen LogP contribution >= 0.6 is 11.3 Å². The fourth-order valence-electron chi connectivity index (χ4n) is 4.56. The molecule has 0 radical (unpaired) electrons. The minimum absolute atomic E-state index is 0.130.